The van der Waals surface area contributed by atoms with Crippen LogP contribution in [0.15, 0.2) is 48.5 Å². The van der Waals surface area contributed by atoms with Gasteiger partial charge in [-0.1, -0.05) is 18.2 Å². The molecule has 0 unspecified atom stereocenters. The molecule has 0 aromatic heterocycles. The second-order valence-corrected chi connectivity index (χ2v) is 4.88. The number of nitrogens with one attached hydrogen (secondary N) is 1. The molecule has 0 saturated heterocycles. The molecule has 2 aromatic carbocycles. The first-order chi connectivity index (χ1) is 11.0. The number of carbonyl (C=O) groups excluding carboxylic acids is 1. The van der Waals surface area contributed by atoms with Crippen molar-refractivity contribution in [2.45, 2.75) is 0 Å². The first-order valence-corrected chi connectivity index (χ1v) is 6.89. The summed E-state index contributed by atoms with van der Waals surface area (Å²) in [5, 5.41) is 13.5. The number of hydrogen-bond acceptors (Lipinski definition) is 5. The van der Waals surface area contributed by atoms with Crippen molar-refractivity contribution >= 4 is 23.0 Å². The molecule has 0 aliphatic rings. The quantitative estimate of drug-likeness (QED) is 0.654. The zero-order valence-electron chi connectivity index (χ0n) is 12.9. The largest absolute Gasteiger partial charge is 0.494 e. The monoisotopic (exact) mass is 315 g/mol. The highest BCUT2D eigenvalue weighted by molar-refractivity contribution is 5.95. The summed E-state index contributed by atoms with van der Waals surface area (Å²) in [4.78, 5) is 24.2. The molecule has 7 nitrogen and oxygen atoms in total. The van der Waals surface area contributed by atoms with Crippen LogP contribution >= 0.6 is 0 Å². The SMILES string of the molecule is COc1cc([N+](=O)[O-])ccc1NC(=O)CN(C)c1ccccc1. The highest BCUT2D eigenvalue weighted by Gasteiger charge is 2.14. The number of methoxy groups -OCH3 is 1. The minimum Gasteiger partial charge on any atom is -0.494 e. The molecule has 7 heteroatoms. The van der Waals surface area contributed by atoms with Crippen molar-refractivity contribution in [3.8, 4) is 5.75 Å². The van der Waals surface area contributed by atoms with Crippen LogP contribution in [0.25, 0.3) is 0 Å². The number of nitrogens with zero attached hydrogens (tertiary/aromatic N) is 2. The van der Waals surface area contributed by atoms with E-state index in [1.54, 1.807) is 4.90 Å². The molecule has 120 valence electrons. The molecule has 0 atom stereocenters. The van der Waals surface area contributed by atoms with E-state index >= 15 is 0 Å². The molecule has 2 aromatic rings. The van der Waals surface area contributed by atoms with E-state index in [9.17, 15) is 14.9 Å². The lowest BCUT2D eigenvalue weighted by Crippen LogP contribution is -2.30. The van der Waals surface area contributed by atoms with E-state index in [1.807, 2.05) is 37.4 Å². The first kappa shape index (κ1) is 16.3. The number of ether oxygens (including phenoxy) is 1. The van der Waals surface area contributed by atoms with Gasteiger partial charge in [0.1, 0.15) is 5.75 Å². The third-order valence-corrected chi connectivity index (χ3v) is 3.25. The number of likely N-dealkylation sites (N-methyl/N-ethyl adjacent to an activating group) is 1. The van der Waals surface area contributed by atoms with Crippen molar-refractivity contribution in [2.24, 2.45) is 0 Å². The van der Waals surface area contributed by atoms with Gasteiger partial charge < -0.3 is 15.0 Å². The summed E-state index contributed by atoms with van der Waals surface area (Å²) in [6.45, 7) is 0.143. The van der Waals surface area contributed by atoms with Crippen LogP contribution in [0.1, 0.15) is 0 Å². The number of para-hydroxylation sites is 1. The topological polar surface area (TPSA) is 84.7 Å². The number of carbonyl (C=O) groups is 1. The summed E-state index contributed by atoms with van der Waals surface area (Å²) >= 11 is 0. The molecule has 2 rings (SSSR count). The standard InChI is InChI=1S/C16H17N3O4/c1-18(12-6-4-3-5-7-12)11-16(20)17-14-9-8-13(19(21)22)10-15(14)23-2/h3-10H,11H2,1-2H3,(H,17,20). The van der Waals surface area contributed by atoms with Gasteiger partial charge in [0.25, 0.3) is 5.69 Å². The van der Waals surface area contributed by atoms with Crippen LogP contribution in [0.2, 0.25) is 0 Å². The number of amides is 1. The van der Waals surface area contributed by atoms with E-state index in [0.717, 1.165) is 5.69 Å². The minimum atomic E-state index is -0.517. The Hall–Kier alpha value is -3.09. The number of non-ortho nitro benzene ring substituents is 1. The molecule has 0 saturated carbocycles. The Kier molecular flexibility index (Phi) is 5.14. The van der Waals surface area contributed by atoms with Crippen molar-refractivity contribution in [3.63, 3.8) is 0 Å². The summed E-state index contributed by atoms with van der Waals surface area (Å²) in [6.07, 6.45) is 0. The predicted molar refractivity (Wildman–Crippen MR) is 88.0 cm³/mol. The average Bonchev–Trinajstić information content (AvgIpc) is 2.55. The van der Waals surface area contributed by atoms with E-state index in [1.165, 1.54) is 25.3 Å². The van der Waals surface area contributed by atoms with Crippen molar-refractivity contribution in [2.75, 3.05) is 30.9 Å². The highest BCUT2D eigenvalue weighted by atomic mass is 16.6. The second-order valence-electron chi connectivity index (χ2n) is 4.88. The average molecular weight is 315 g/mol. The van der Waals surface area contributed by atoms with Gasteiger partial charge >= 0.3 is 0 Å². The van der Waals surface area contributed by atoms with E-state index in [2.05, 4.69) is 5.32 Å². The van der Waals surface area contributed by atoms with Gasteiger partial charge in [0, 0.05) is 18.8 Å². The Morgan fingerprint density at radius 2 is 1.96 bits per heavy atom. The van der Waals surface area contributed by atoms with Crippen molar-refractivity contribution in [3.05, 3.63) is 58.6 Å². The Morgan fingerprint density at radius 3 is 2.57 bits per heavy atom. The van der Waals surface area contributed by atoms with Gasteiger partial charge in [-0.25, -0.2) is 0 Å². The molecule has 0 aliphatic heterocycles. The van der Waals surface area contributed by atoms with Gasteiger partial charge in [0.05, 0.1) is 30.3 Å². The van der Waals surface area contributed by atoms with E-state index < -0.39 is 4.92 Å². The number of nitro groups is 1. The zero-order chi connectivity index (χ0) is 16.8. The second kappa shape index (κ2) is 7.26. The summed E-state index contributed by atoms with van der Waals surface area (Å²) in [5.74, 6) is -0.00146. The third-order valence-electron chi connectivity index (χ3n) is 3.25. The fourth-order valence-electron chi connectivity index (χ4n) is 2.08. The molecule has 0 spiro atoms. The Balaban J connectivity index is 2.07. The van der Waals surface area contributed by atoms with Crippen molar-refractivity contribution in [1.82, 2.24) is 0 Å². The van der Waals surface area contributed by atoms with Crippen LogP contribution in [0.4, 0.5) is 17.1 Å². The summed E-state index contributed by atoms with van der Waals surface area (Å²) in [5.41, 5.74) is 1.21. The lowest BCUT2D eigenvalue weighted by Gasteiger charge is -2.19. The number of nitro benzene ring substituents is 1. The predicted octanol–water partition coefficient (Wildman–Crippen LogP) is 2.68. The van der Waals surface area contributed by atoms with Gasteiger partial charge in [-0.2, -0.15) is 0 Å². The Bertz CT molecular complexity index is 704. The molecule has 0 heterocycles. The van der Waals surface area contributed by atoms with Gasteiger partial charge in [0.15, 0.2) is 0 Å². The minimum absolute atomic E-state index is 0.0961. The van der Waals surface area contributed by atoms with Crippen LogP contribution in [0.3, 0.4) is 0 Å². The molecule has 0 radical (unpaired) electrons. The highest BCUT2D eigenvalue weighted by Crippen LogP contribution is 2.29. The molecular weight excluding hydrogens is 298 g/mol. The van der Waals surface area contributed by atoms with Crippen LogP contribution < -0.4 is 15.0 Å². The number of anilines is 2. The zero-order valence-corrected chi connectivity index (χ0v) is 12.9. The van der Waals surface area contributed by atoms with E-state index in [-0.39, 0.29) is 23.9 Å². The molecule has 0 aliphatic carbocycles. The van der Waals surface area contributed by atoms with E-state index in [4.69, 9.17) is 4.74 Å². The lowest BCUT2D eigenvalue weighted by molar-refractivity contribution is -0.384. The van der Waals surface area contributed by atoms with Crippen molar-refractivity contribution < 1.29 is 14.5 Å². The maximum Gasteiger partial charge on any atom is 0.273 e. The van der Waals surface area contributed by atoms with Crippen LogP contribution in [-0.2, 0) is 4.79 Å². The summed E-state index contributed by atoms with van der Waals surface area (Å²) < 4.78 is 5.09. The maximum absolute atomic E-state index is 12.1. The number of rotatable bonds is 6. The molecule has 0 fully saturated rings. The summed E-state index contributed by atoms with van der Waals surface area (Å²) in [7, 11) is 3.20. The van der Waals surface area contributed by atoms with Crippen LogP contribution in [0.5, 0.6) is 5.75 Å². The van der Waals surface area contributed by atoms with Crippen LogP contribution in [0, 0.1) is 10.1 Å². The van der Waals surface area contributed by atoms with Crippen LogP contribution in [-0.4, -0.2) is 31.5 Å². The van der Waals surface area contributed by atoms with E-state index in [0.29, 0.717) is 5.69 Å². The molecule has 1 N–H and O–H groups in total. The summed E-state index contributed by atoms with van der Waals surface area (Å²) in [6, 6.07) is 13.5. The fraction of sp³-hybridized carbons (Fsp3) is 0.188. The first-order valence-electron chi connectivity index (χ1n) is 6.89. The fourth-order valence-corrected chi connectivity index (χ4v) is 2.08. The lowest BCUT2D eigenvalue weighted by atomic mass is 10.2. The maximum atomic E-state index is 12.1. The molecule has 1 amide bonds. The normalized spacial score (nSPS) is 10.0. The third kappa shape index (κ3) is 4.19. The van der Waals surface area contributed by atoms with Gasteiger partial charge in [-0.15, -0.1) is 0 Å². The van der Waals surface area contributed by atoms with Gasteiger partial charge in [-0.3, -0.25) is 14.9 Å². The Morgan fingerprint density at radius 1 is 1.26 bits per heavy atom. The molecule has 23 heavy (non-hydrogen) atoms. The number of benzene rings is 2. The molecule has 0 bridgehead atoms. The molecular formula is C16H17N3O4. The smallest absolute Gasteiger partial charge is 0.273 e. The van der Waals surface area contributed by atoms with Gasteiger partial charge in [0.2, 0.25) is 5.91 Å². The number of hydrogen-bond donors (Lipinski definition) is 1. The van der Waals surface area contributed by atoms with Crippen molar-refractivity contribution in [1.29, 1.82) is 0 Å². The Labute approximate surface area is 133 Å². The van der Waals surface area contributed by atoms with Gasteiger partial charge in [-0.05, 0) is 18.2 Å².